The zero-order chi connectivity index (χ0) is 32.1. The molecule has 44 heavy (non-hydrogen) atoms. The first-order valence-electron chi connectivity index (χ1n) is 16.8. The number of methoxy groups -OCH3 is 1. The predicted octanol–water partition coefficient (Wildman–Crippen LogP) is 7.95. The molecule has 0 bridgehead atoms. The Morgan fingerprint density at radius 2 is 1.36 bits per heavy atom. The summed E-state index contributed by atoms with van der Waals surface area (Å²) < 4.78 is 57.8. The molecule has 1 aromatic rings. The molecule has 2 unspecified atom stereocenters. The summed E-state index contributed by atoms with van der Waals surface area (Å²) in [5.74, 6) is -0.464. The minimum absolute atomic E-state index is 0.0443. The van der Waals surface area contributed by atoms with Gasteiger partial charge in [-0.1, -0.05) is 107 Å². The van der Waals surface area contributed by atoms with E-state index in [1.807, 2.05) is 30.3 Å². The second kappa shape index (κ2) is 27.4. The van der Waals surface area contributed by atoms with Crippen LogP contribution < -0.4 is 10.6 Å². The molecule has 0 heterocycles. The van der Waals surface area contributed by atoms with E-state index in [9.17, 15) is 18.0 Å². The van der Waals surface area contributed by atoms with E-state index < -0.39 is 24.2 Å². The van der Waals surface area contributed by atoms with E-state index >= 15 is 0 Å². The number of carbonyl (C=O) groups excluding carboxylic acids is 1. The van der Waals surface area contributed by atoms with Crippen LogP contribution in [0.15, 0.2) is 42.5 Å². The average molecular weight is 629 g/mol. The Balaban J connectivity index is 2.40. The normalized spacial score (nSPS) is 13.4. The Bertz CT molecular complexity index is 824. The van der Waals surface area contributed by atoms with Crippen molar-refractivity contribution in [1.82, 2.24) is 10.6 Å². The van der Waals surface area contributed by atoms with Crippen LogP contribution in [0, 0.1) is 0 Å². The molecule has 254 valence electrons. The molecule has 0 aliphatic carbocycles. The standard InChI is InChI=1S/C35H59F3N2O4/c1-3-4-5-6-7-8-9-10-11-12-13-14-15-16-20-23-33(35(36,37)38)40-32(30-31-21-18-17-19-22-31)34(41)39-24-25-43-28-29-44-27-26-42-2/h8-9,17-19,21-22,32-33,40H,3-7,10-16,20,23-30H2,1-2H3,(H,39,41)/b9-8+. The van der Waals surface area contributed by atoms with Crippen molar-refractivity contribution >= 4 is 5.91 Å². The number of allylic oxidation sites excluding steroid dienone is 2. The lowest BCUT2D eigenvalue weighted by Crippen LogP contribution is -2.54. The van der Waals surface area contributed by atoms with Gasteiger partial charge in [-0.05, 0) is 44.1 Å². The lowest BCUT2D eigenvalue weighted by molar-refractivity contribution is -0.160. The molecule has 1 amide bonds. The molecule has 2 atom stereocenters. The number of hydrogen-bond acceptors (Lipinski definition) is 5. The maximum absolute atomic E-state index is 14.0. The van der Waals surface area contributed by atoms with Gasteiger partial charge in [0.2, 0.25) is 5.91 Å². The van der Waals surface area contributed by atoms with Crippen LogP contribution in [-0.4, -0.2) is 70.9 Å². The van der Waals surface area contributed by atoms with Crippen molar-refractivity contribution in [2.24, 2.45) is 0 Å². The Morgan fingerprint density at radius 3 is 1.98 bits per heavy atom. The smallest absolute Gasteiger partial charge is 0.382 e. The van der Waals surface area contributed by atoms with Crippen LogP contribution in [-0.2, 0) is 25.4 Å². The van der Waals surface area contributed by atoms with Crippen molar-refractivity contribution < 1.29 is 32.2 Å². The number of hydrogen-bond donors (Lipinski definition) is 2. The number of rotatable bonds is 29. The Labute approximate surface area is 264 Å². The fraction of sp³-hybridized carbons (Fsp3) is 0.743. The summed E-state index contributed by atoms with van der Waals surface area (Å²) in [6, 6.07) is 6.38. The van der Waals surface area contributed by atoms with Gasteiger partial charge < -0.3 is 19.5 Å². The van der Waals surface area contributed by atoms with Gasteiger partial charge in [-0.25, -0.2) is 0 Å². The SMILES string of the molecule is CCCCCC/C=C/CCCCCCCCCC(NC(Cc1ccccc1)C(=O)NCCOCCOCCOC)C(F)(F)F. The lowest BCUT2D eigenvalue weighted by Gasteiger charge is -2.27. The van der Waals surface area contributed by atoms with Gasteiger partial charge in [0.1, 0.15) is 6.04 Å². The Kier molecular flexibility index (Phi) is 24.9. The van der Waals surface area contributed by atoms with Gasteiger partial charge in [0.25, 0.3) is 0 Å². The van der Waals surface area contributed by atoms with E-state index in [1.165, 1.54) is 38.5 Å². The van der Waals surface area contributed by atoms with Gasteiger partial charge in [-0.2, -0.15) is 13.2 Å². The summed E-state index contributed by atoms with van der Waals surface area (Å²) in [7, 11) is 1.60. The first-order valence-corrected chi connectivity index (χ1v) is 16.8. The highest BCUT2D eigenvalue weighted by Gasteiger charge is 2.41. The van der Waals surface area contributed by atoms with Crippen LogP contribution in [0.5, 0.6) is 0 Å². The zero-order valence-electron chi connectivity index (χ0n) is 27.3. The van der Waals surface area contributed by atoms with Crippen LogP contribution in [0.4, 0.5) is 13.2 Å². The molecule has 0 saturated carbocycles. The minimum atomic E-state index is -4.44. The van der Waals surface area contributed by atoms with Crippen LogP contribution in [0.1, 0.15) is 102 Å². The van der Waals surface area contributed by atoms with E-state index in [4.69, 9.17) is 14.2 Å². The summed E-state index contributed by atoms with van der Waals surface area (Å²) in [6.07, 6.45) is 14.4. The van der Waals surface area contributed by atoms with Crippen LogP contribution in [0.2, 0.25) is 0 Å². The highest BCUT2D eigenvalue weighted by molar-refractivity contribution is 5.82. The van der Waals surface area contributed by atoms with Crippen molar-refractivity contribution in [2.45, 2.75) is 121 Å². The third kappa shape index (κ3) is 22.6. The number of amides is 1. The lowest BCUT2D eigenvalue weighted by atomic mass is 10.0. The molecule has 1 rings (SSSR count). The molecular formula is C35H59F3N2O4. The summed E-state index contributed by atoms with van der Waals surface area (Å²) in [6.45, 7) is 4.41. The van der Waals surface area contributed by atoms with Gasteiger partial charge in [0.05, 0.1) is 39.1 Å². The number of ether oxygens (including phenoxy) is 3. The maximum Gasteiger partial charge on any atom is 0.403 e. The summed E-state index contributed by atoms with van der Waals surface area (Å²) in [5.41, 5.74) is 0.799. The third-order valence-corrected chi connectivity index (χ3v) is 7.50. The zero-order valence-corrected chi connectivity index (χ0v) is 27.3. The summed E-state index contributed by atoms with van der Waals surface area (Å²) in [4.78, 5) is 13.0. The first kappa shape index (κ1) is 40.1. The number of unbranched alkanes of at least 4 members (excludes halogenated alkanes) is 11. The number of alkyl halides is 3. The van der Waals surface area contributed by atoms with Crippen molar-refractivity contribution in [3.05, 3.63) is 48.0 Å². The minimum Gasteiger partial charge on any atom is -0.382 e. The highest BCUT2D eigenvalue weighted by atomic mass is 19.4. The van der Waals surface area contributed by atoms with E-state index in [2.05, 4.69) is 29.7 Å². The second-order valence-corrected chi connectivity index (χ2v) is 11.4. The summed E-state index contributed by atoms with van der Waals surface area (Å²) in [5, 5.41) is 5.39. The van der Waals surface area contributed by atoms with Gasteiger partial charge in [0.15, 0.2) is 0 Å². The topological polar surface area (TPSA) is 68.8 Å². The van der Waals surface area contributed by atoms with Crippen molar-refractivity contribution in [3.8, 4) is 0 Å². The van der Waals surface area contributed by atoms with E-state index in [0.29, 0.717) is 32.8 Å². The quantitative estimate of drug-likeness (QED) is 0.0696. The molecule has 6 nitrogen and oxygen atoms in total. The number of carbonyl (C=O) groups is 1. The second-order valence-electron chi connectivity index (χ2n) is 11.4. The van der Waals surface area contributed by atoms with Gasteiger partial charge in [-0.15, -0.1) is 0 Å². The largest absolute Gasteiger partial charge is 0.403 e. The first-order chi connectivity index (χ1) is 21.4. The average Bonchev–Trinajstić information content (AvgIpc) is 3.00. The number of nitrogens with one attached hydrogen (secondary N) is 2. The van der Waals surface area contributed by atoms with Crippen LogP contribution in [0.25, 0.3) is 0 Å². The molecule has 9 heteroatoms. The Hall–Kier alpha value is -1.94. The maximum atomic E-state index is 14.0. The molecule has 0 radical (unpaired) electrons. The predicted molar refractivity (Wildman–Crippen MR) is 173 cm³/mol. The number of halogens is 3. The van der Waals surface area contributed by atoms with Gasteiger partial charge in [0, 0.05) is 13.7 Å². The van der Waals surface area contributed by atoms with Crippen LogP contribution >= 0.6 is 0 Å². The van der Waals surface area contributed by atoms with E-state index in [0.717, 1.165) is 44.1 Å². The van der Waals surface area contributed by atoms with Crippen LogP contribution in [0.3, 0.4) is 0 Å². The molecule has 0 spiro atoms. The van der Waals surface area contributed by atoms with Crippen molar-refractivity contribution in [2.75, 3.05) is 46.7 Å². The molecular weight excluding hydrogens is 569 g/mol. The highest BCUT2D eigenvalue weighted by Crippen LogP contribution is 2.25. The molecule has 2 N–H and O–H groups in total. The van der Waals surface area contributed by atoms with E-state index in [-0.39, 0.29) is 26.0 Å². The summed E-state index contributed by atoms with van der Waals surface area (Å²) >= 11 is 0. The molecule has 0 aliphatic rings. The fourth-order valence-corrected chi connectivity index (χ4v) is 4.91. The molecule has 1 aromatic carbocycles. The Morgan fingerprint density at radius 1 is 0.795 bits per heavy atom. The molecule has 0 fully saturated rings. The third-order valence-electron chi connectivity index (χ3n) is 7.50. The molecule has 0 aromatic heterocycles. The van der Waals surface area contributed by atoms with Crippen molar-refractivity contribution in [3.63, 3.8) is 0 Å². The van der Waals surface area contributed by atoms with E-state index in [1.54, 1.807) is 7.11 Å². The fourth-order valence-electron chi connectivity index (χ4n) is 4.91. The van der Waals surface area contributed by atoms with Gasteiger partial charge in [-0.3, -0.25) is 10.1 Å². The molecule has 0 aliphatic heterocycles. The van der Waals surface area contributed by atoms with Gasteiger partial charge >= 0.3 is 6.18 Å². The monoisotopic (exact) mass is 628 g/mol. The number of benzene rings is 1. The molecule has 0 saturated heterocycles. The van der Waals surface area contributed by atoms with Crippen molar-refractivity contribution in [1.29, 1.82) is 0 Å².